The average Bonchev–Trinajstić information content (AvgIpc) is 2.76. The third kappa shape index (κ3) is 10.3. The molecule has 0 aromatic heterocycles. The Labute approximate surface area is 194 Å². The summed E-state index contributed by atoms with van der Waals surface area (Å²) >= 11 is 0. The number of benzene rings is 1. The van der Waals surface area contributed by atoms with Crippen LogP contribution in [0.1, 0.15) is 5.56 Å². The van der Waals surface area contributed by atoms with Gasteiger partial charge in [0, 0.05) is 83.0 Å². The lowest BCUT2D eigenvalue weighted by molar-refractivity contribution is -0.307. The third-order valence-corrected chi connectivity index (χ3v) is 6.53. The molecule has 1 unspecified atom stereocenters. The molecule has 1 aromatic carbocycles. The SMILES string of the molecule is [B][B][B][B][B][B][B][B][B][B][B][B][S+]1CCN(c2ccc(CC(N)C(=O)[O-])cc2)CC1. The molecule has 133 valence electrons. The predicted molar refractivity (Wildman–Crippen MR) is 141 cm³/mol. The molecule has 0 spiro atoms. The summed E-state index contributed by atoms with van der Waals surface area (Å²) in [7, 11) is 24.8. The number of aliphatic carboxylic acids is 1. The quantitative estimate of drug-likeness (QED) is 0.183. The Kier molecular flexibility index (Phi) is 13.3. The number of hydrogen-bond donors (Lipinski definition) is 1. The van der Waals surface area contributed by atoms with E-state index in [1.165, 1.54) is 12.7 Å². The number of carboxylic acid groups (broad SMARTS) is 1. The van der Waals surface area contributed by atoms with Gasteiger partial charge < -0.3 is 20.5 Å². The van der Waals surface area contributed by atoms with Gasteiger partial charge in [0.25, 0.3) is 0 Å². The molecule has 1 saturated heterocycles. The van der Waals surface area contributed by atoms with E-state index in [0.717, 1.165) is 30.2 Å². The summed E-state index contributed by atoms with van der Waals surface area (Å²) in [4.78, 5) is 13.1. The highest BCUT2D eigenvalue weighted by Crippen LogP contribution is 2.19. The van der Waals surface area contributed by atoms with Crippen LogP contribution in [0.2, 0.25) is 0 Å². The van der Waals surface area contributed by atoms with Crippen LogP contribution < -0.4 is 15.7 Å². The zero-order valence-corrected chi connectivity index (χ0v) is 17.9. The zero-order valence-electron chi connectivity index (χ0n) is 17.1. The maximum absolute atomic E-state index is 10.8. The van der Waals surface area contributed by atoms with Gasteiger partial charge in [-0.05, 0) is 24.1 Å². The maximum Gasteiger partial charge on any atom is 0.370 e. The fourth-order valence-corrected chi connectivity index (χ4v) is 4.61. The Morgan fingerprint density at radius 1 is 1.00 bits per heavy atom. The van der Waals surface area contributed by atoms with Gasteiger partial charge in [0.1, 0.15) is 11.5 Å². The van der Waals surface area contributed by atoms with Crippen LogP contribution in [-0.4, -0.2) is 121 Å². The lowest BCUT2D eigenvalue weighted by atomic mass is 8.87. The molecule has 1 aromatic rings. The number of nitrogens with zero attached hydrogens (tertiary/aromatic N) is 1. The molecule has 30 heavy (non-hydrogen) atoms. The maximum atomic E-state index is 10.8. The molecule has 17 heteroatoms. The monoisotopic (exact) mass is 397 g/mol. The first-order chi connectivity index (χ1) is 14.6. The van der Waals surface area contributed by atoms with E-state index >= 15 is 0 Å². The molecule has 2 rings (SSSR count). The number of carbonyl (C=O) groups excluding carboxylic acids is 1. The van der Waals surface area contributed by atoms with Gasteiger partial charge in [-0.3, -0.25) is 0 Å². The second-order valence-electron chi connectivity index (χ2n) is 6.79. The van der Waals surface area contributed by atoms with Gasteiger partial charge >= 0.3 is 6.45 Å². The largest absolute Gasteiger partial charge is 0.548 e. The smallest absolute Gasteiger partial charge is 0.370 e. The average molecular weight is 395 g/mol. The highest BCUT2D eigenvalue weighted by molar-refractivity contribution is 8.25. The van der Waals surface area contributed by atoms with Gasteiger partial charge in [-0.25, -0.2) is 0 Å². The molecule has 1 fully saturated rings. The summed E-state index contributed by atoms with van der Waals surface area (Å²) in [6.45, 7) is 2.04. The fourth-order valence-electron chi connectivity index (χ4n) is 2.91. The van der Waals surface area contributed by atoms with Crippen molar-refractivity contribution in [3.63, 3.8) is 0 Å². The minimum atomic E-state index is -1.22. The molecule has 1 atom stereocenters. The van der Waals surface area contributed by atoms with E-state index in [9.17, 15) is 9.90 Å². The normalized spacial score (nSPS) is 14.5. The van der Waals surface area contributed by atoms with Gasteiger partial charge in [-0.1, -0.05) is 22.9 Å². The van der Waals surface area contributed by atoms with Crippen molar-refractivity contribution in [1.29, 1.82) is 0 Å². The first-order valence-corrected chi connectivity index (χ1v) is 11.6. The number of nitrogens with two attached hydrogens (primary N) is 1. The molecule has 0 amide bonds. The Morgan fingerprint density at radius 2 is 1.53 bits per heavy atom. The Hall–Kier alpha value is -0.421. The van der Waals surface area contributed by atoms with Crippen LogP contribution in [-0.2, 0) is 22.0 Å². The predicted octanol–water partition coefficient (Wildman–Crippen LogP) is -5.36. The first kappa shape index (κ1) is 25.8. The summed E-state index contributed by atoms with van der Waals surface area (Å²) in [5, 5.41) is 10.8. The first-order valence-electron chi connectivity index (χ1n) is 9.95. The van der Waals surface area contributed by atoms with E-state index < -0.39 is 12.0 Å². The second-order valence-corrected chi connectivity index (χ2v) is 8.95. The van der Waals surface area contributed by atoms with Crippen molar-refractivity contribution in [2.75, 3.05) is 29.5 Å². The van der Waals surface area contributed by atoms with E-state index in [1.54, 1.807) is 7.06 Å². The van der Waals surface area contributed by atoms with Crippen molar-refractivity contribution in [1.82, 2.24) is 0 Å². The second kappa shape index (κ2) is 15.4. The highest BCUT2D eigenvalue weighted by Gasteiger charge is 2.27. The number of carboxylic acids is 1. The minimum Gasteiger partial charge on any atom is -0.548 e. The number of anilines is 1. The van der Waals surface area contributed by atoms with Gasteiger partial charge in [-0.15, -0.1) is 0 Å². The third-order valence-electron chi connectivity index (χ3n) is 4.58. The number of rotatable bonds is 15. The number of carbonyl (C=O) groups is 1. The molecule has 1 heterocycles. The lowest BCUT2D eigenvalue weighted by Crippen LogP contribution is -2.44. The van der Waals surface area contributed by atoms with Crippen LogP contribution in [0.4, 0.5) is 5.69 Å². The molecular weight excluding hydrogens is 378 g/mol. The van der Waals surface area contributed by atoms with Crippen LogP contribution in [0.25, 0.3) is 0 Å². The van der Waals surface area contributed by atoms with Crippen molar-refractivity contribution in [3.8, 4) is 0 Å². The Morgan fingerprint density at radius 3 is 2.07 bits per heavy atom. The minimum absolute atomic E-state index is 0.292. The zero-order chi connectivity index (χ0) is 21.6. The van der Waals surface area contributed by atoms with Crippen molar-refractivity contribution in [2.24, 2.45) is 5.73 Å². The molecular formula is C13H17B12N2O2S. The molecule has 0 saturated carbocycles. The van der Waals surface area contributed by atoms with Crippen LogP contribution in [0.5, 0.6) is 0 Å². The van der Waals surface area contributed by atoms with E-state index in [4.69, 9.17) is 13.5 Å². The molecule has 2 N–H and O–H groups in total. The van der Waals surface area contributed by atoms with Crippen molar-refractivity contribution >= 4 is 107 Å². The molecule has 4 nitrogen and oxygen atoms in total. The number of hydrogen-bond acceptors (Lipinski definition) is 4. The fraction of sp³-hybridized carbons (Fsp3) is 0.462. The van der Waals surface area contributed by atoms with E-state index in [2.05, 4.69) is 25.5 Å². The highest BCUT2D eigenvalue weighted by atomic mass is 32.2. The van der Waals surface area contributed by atoms with Crippen molar-refractivity contribution in [2.45, 2.75) is 12.5 Å². The molecule has 1 aliphatic heterocycles. The topological polar surface area (TPSA) is 69.4 Å². The molecule has 0 aliphatic carbocycles. The Balaban J connectivity index is 1.54. The summed E-state index contributed by atoms with van der Waals surface area (Å²) in [5.74, 6) is 1.07. The summed E-state index contributed by atoms with van der Waals surface area (Å²) in [6, 6.07) is 7.03. The van der Waals surface area contributed by atoms with Crippen LogP contribution in [0.3, 0.4) is 0 Å². The van der Waals surface area contributed by atoms with E-state index in [-0.39, 0.29) is 0 Å². The van der Waals surface area contributed by atoms with E-state index in [0.29, 0.717) is 17.2 Å². The van der Waals surface area contributed by atoms with Crippen molar-refractivity contribution < 1.29 is 9.90 Å². The van der Waals surface area contributed by atoms with Gasteiger partial charge in [-0.2, -0.15) is 0 Å². The standard InChI is InChI=1S/C13H18B12N2O2S/c14-15-16-17-18-19-20-21-22-23-24-25-30-7-5-27(6-8-30)11-3-1-10(2-4-11)9-12(26)13(28)29/h1-4,12H,5-9,26H2,(H,28,29)/q+1/p-1. The summed E-state index contributed by atoms with van der Waals surface area (Å²) in [6.07, 6.45) is 2.60. The summed E-state index contributed by atoms with van der Waals surface area (Å²) < 4.78 is 0. The Bertz CT molecular complexity index is 610. The van der Waals surface area contributed by atoms with Crippen LogP contribution >= 0.6 is 0 Å². The lowest BCUT2D eigenvalue weighted by Gasteiger charge is -2.29. The van der Waals surface area contributed by atoms with Gasteiger partial charge in [0.2, 0.25) is 0 Å². The van der Waals surface area contributed by atoms with Crippen LogP contribution in [0, 0.1) is 0 Å². The van der Waals surface area contributed by atoms with Crippen LogP contribution in [0.15, 0.2) is 24.3 Å². The van der Waals surface area contributed by atoms with Gasteiger partial charge in [0.15, 0.2) is 0 Å². The van der Waals surface area contributed by atoms with E-state index in [1.807, 2.05) is 66.6 Å². The van der Waals surface area contributed by atoms with Crippen molar-refractivity contribution in [3.05, 3.63) is 29.8 Å². The molecule has 0 bridgehead atoms. The summed E-state index contributed by atoms with van der Waals surface area (Å²) in [5.41, 5.74) is 7.63. The van der Waals surface area contributed by atoms with Gasteiger partial charge in [0.05, 0.1) is 26.1 Å². The molecule has 1 aliphatic rings. The molecule has 13 radical (unpaired) electrons.